The average Bonchev–Trinajstić information content (AvgIpc) is 2.63. The van der Waals surface area contributed by atoms with Crippen molar-refractivity contribution in [3.05, 3.63) is 103 Å². The maximum Gasteiger partial charge on any atom is 0.0540 e. The number of benzene rings is 4. The van der Waals surface area contributed by atoms with E-state index in [0.29, 0.717) is 0 Å². The van der Waals surface area contributed by atoms with Crippen molar-refractivity contribution in [3.8, 4) is 0 Å². The SMILES string of the molecule is Cc1cccc(N(c2ccccc2)c2cccc3ccccc23)c1. The molecule has 0 N–H and O–H groups in total. The minimum Gasteiger partial charge on any atom is -0.310 e. The van der Waals surface area contributed by atoms with Crippen molar-refractivity contribution < 1.29 is 0 Å². The zero-order valence-electron chi connectivity index (χ0n) is 13.7. The van der Waals surface area contributed by atoms with Crippen LogP contribution < -0.4 is 4.90 Å². The van der Waals surface area contributed by atoms with Crippen LogP contribution >= 0.6 is 0 Å². The Kier molecular flexibility index (Phi) is 3.76. The number of hydrogen-bond acceptors (Lipinski definition) is 1. The molecule has 0 aromatic heterocycles. The van der Waals surface area contributed by atoms with Gasteiger partial charge in [0.05, 0.1) is 5.69 Å². The van der Waals surface area contributed by atoms with Gasteiger partial charge in [-0.05, 0) is 48.2 Å². The smallest absolute Gasteiger partial charge is 0.0540 e. The number of rotatable bonds is 3. The molecule has 0 aliphatic heterocycles. The topological polar surface area (TPSA) is 3.24 Å². The second kappa shape index (κ2) is 6.21. The van der Waals surface area contributed by atoms with E-state index in [1.807, 2.05) is 0 Å². The molecule has 0 atom stereocenters. The zero-order chi connectivity index (χ0) is 16.4. The first-order chi connectivity index (χ1) is 11.8. The first kappa shape index (κ1) is 14.5. The summed E-state index contributed by atoms with van der Waals surface area (Å²) in [7, 11) is 0. The number of fused-ring (bicyclic) bond motifs is 1. The monoisotopic (exact) mass is 309 g/mol. The molecule has 0 bridgehead atoms. The van der Waals surface area contributed by atoms with Gasteiger partial charge < -0.3 is 4.90 Å². The van der Waals surface area contributed by atoms with E-state index in [4.69, 9.17) is 0 Å². The van der Waals surface area contributed by atoms with Gasteiger partial charge in [-0.3, -0.25) is 0 Å². The Balaban J connectivity index is 1.99. The second-order valence-electron chi connectivity index (χ2n) is 6.01. The maximum atomic E-state index is 2.33. The molecule has 1 heteroatoms. The zero-order valence-corrected chi connectivity index (χ0v) is 13.7. The van der Waals surface area contributed by atoms with E-state index < -0.39 is 0 Å². The number of para-hydroxylation sites is 1. The van der Waals surface area contributed by atoms with Crippen LogP contribution in [0.4, 0.5) is 17.1 Å². The van der Waals surface area contributed by atoms with Crippen LogP contribution in [0.25, 0.3) is 10.8 Å². The van der Waals surface area contributed by atoms with Gasteiger partial charge in [-0.1, -0.05) is 66.7 Å². The molecule has 4 rings (SSSR count). The summed E-state index contributed by atoms with van der Waals surface area (Å²) >= 11 is 0. The summed E-state index contributed by atoms with van der Waals surface area (Å²) in [5.74, 6) is 0. The van der Waals surface area contributed by atoms with E-state index in [-0.39, 0.29) is 0 Å². The summed E-state index contributed by atoms with van der Waals surface area (Å²) in [6.45, 7) is 2.13. The molecule has 1 nitrogen and oxygen atoms in total. The van der Waals surface area contributed by atoms with Crippen molar-refractivity contribution >= 4 is 27.8 Å². The molecular weight excluding hydrogens is 290 g/mol. The van der Waals surface area contributed by atoms with E-state index in [1.54, 1.807) is 0 Å². The Hall–Kier alpha value is -3.06. The number of hydrogen-bond donors (Lipinski definition) is 0. The largest absolute Gasteiger partial charge is 0.310 e. The molecule has 0 aliphatic rings. The Bertz CT molecular complexity index is 968. The third-order valence-corrected chi connectivity index (χ3v) is 4.28. The van der Waals surface area contributed by atoms with E-state index >= 15 is 0 Å². The quantitative estimate of drug-likeness (QED) is 0.411. The lowest BCUT2D eigenvalue weighted by Gasteiger charge is -2.27. The van der Waals surface area contributed by atoms with Gasteiger partial charge in [0.25, 0.3) is 0 Å². The molecule has 0 unspecified atom stereocenters. The van der Waals surface area contributed by atoms with Crippen molar-refractivity contribution in [2.45, 2.75) is 6.92 Å². The highest BCUT2D eigenvalue weighted by Gasteiger charge is 2.14. The molecule has 0 saturated carbocycles. The minimum atomic E-state index is 1.17. The van der Waals surface area contributed by atoms with Gasteiger partial charge in [0, 0.05) is 16.8 Å². The Labute approximate surface area is 142 Å². The highest BCUT2D eigenvalue weighted by Crippen LogP contribution is 2.38. The van der Waals surface area contributed by atoms with Gasteiger partial charge in [0.15, 0.2) is 0 Å². The van der Waals surface area contributed by atoms with Crippen LogP contribution in [0.2, 0.25) is 0 Å². The number of aryl methyl sites for hydroxylation is 1. The highest BCUT2D eigenvalue weighted by molar-refractivity contribution is 5.98. The Morgan fingerprint density at radius 2 is 1.25 bits per heavy atom. The summed E-state index contributed by atoms with van der Waals surface area (Å²) in [4.78, 5) is 2.33. The molecule has 0 amide bonds. The first-order valence-corrected chi connectivity index (χ1v) is 8.22. The van der Waals surface area contributed by atoms with Crippen LogP contribution in [-0.4, -0.2) is 0 Å². The lowest BCUT2D eigenvalue weighted by Crippen LogP contribution is -2.10. The molecule has 0 spiro atoms. The third-order valence-electron chi connectivity index (χ3n) is 4.28. The predicted molar refractivity (Wildman–Crippen MR) is 103 cm³/mol. The number of nitrogens with zero attached hydrogens (tertiary/aromatic N) is 1. The Morgan fingerprint density at radius 1 is 0.583 bits per heavy atom. The van der Waals surface area contributed by atoms with E-state index in [2.05, 4.69) is 109 Å². The minimum absolute atomic E-state index is 1.17. The third kappa shape index (κ3) is 2.65. The molecule has 0 heterocycles. The van der Waals surface area contributed by atoms with Gasteiger partial charge >= 0.3 is 0 Å². The number of anilines is 3. The molecule has 4 aromatic carbocycles. The van der Waals surface area contributed by atoms with Crippen molar-refractivity contribution in [2.75, 3.05) is 4.90 Å². The Morgan fingerprint density at radius 3 is 2.08 bits per heavy atom. The van der Waals surface area contributed by atoms with Gasteiger partial charge in [0.1, 0.15) is 0 Å². The first-order valence-electron chi connectivity index (χ1n) is 8.22. The van der Waals surface area contributed by atoms with Gasteiger partial charge in [-0.25, -0.2) is 0 Å². The average molecular weight is 309 g/mol. The summed E-state index contributed by atoms with van der Waals surface area (Å²) in [5, 5.41) is 2.51. The summed E-state index contributed by atoms with van der Waals surface area (Å²) in [6.07, 6.45) is 0. The molecule has 0 aliphatic carbocycles. The molecular formula is C23H19N. The molecule has 0 fully saturated rings. The second-order valence-corrected chi connectivity index (χ2v) is 6.01. The van der Waals surface area contributed by atoms with Gasteiger partial charge in [-0.2, -0.15) is 0 Å². The standard InChI is InChI=1S/C23H19N/c1-18-9-7-14-21(17-18)24(20-12-3-2-4-13-20)23-16-8-11-19-10-5-6-15-22(19)23/h2-17H,1H3. The van der Waals surface area contributed by atoms with Crippen LogP contribution in [0.1, 0.15) is 5.56 Å². The van der Waals surface area contributed by atoms with Crippen LogP contribution in [0, 0.1) is 6.92 Å². The molecule has 0 saturated heterocycles. The maximum absolute atomic E-state index is 2.33. The normalized spacial score (nSPS) is 10.7. The van der Waals surface area contributed by atoms with Gasteiger partial charge in [-0.15, -0.1) is 0 Å². The lowest BCUT2D eigenvalue weighted by atomic mass is 10.1. The fourth-order valence-electron chi connectivity index (χ4n) is 3.17. The van der Waals surface area contributed by atoms with Crippen molar-refractivity contribution in [1.82, 2.24) is 0 Å². The van der Waals surface area contributed by atoms with Gasteiger partial charge in [0.2, 0.25) is 0 Å². The van der Waals surface area contributed by atoms with E-state index in [9.17, 15) is 0 Å². The van der Waals surface area contributed by atoms with Crippen LogP contribution in [-0.2, 0) is 0 Å². The van der Waals surface area contributed by atoms with Crippen molar-refractivity contribution in [3.63, 3.8) is 0 Å². The summed E-state index contributed by atoms with van der Waals surface area (Å²) in [6, 6.07) is 34.2. The fourth-order valence-corrected chi connectivity index (χ4v) is 3.17. The lowest BCUT2D eigenvalue weighted by molar-refractivity contribution is 1.28. The van der Waals surface area contributed by atoms with Crippen molar-refractivity contribution in [2.24, 2.45) is 0 Å². The van der Waals surface area contributed by atoms with E-state index in [1.165, 1.54) is 33.4 Å². The summed E-state index contributed by atoms with van der Waals surface area (Å²) < 4.78 is 0. The molecule has 4 aromatic rings. The van der Waals surface area contributed by atoms with E-state index in [0.717, 1.165) is 0 Å². The van der Waals surface area contributed by atoms with Crippen molar-refractivity contribution in [1.29, 1.82) is 0 Å². The summed E-state index contributed by atoms with van der Waals surface area (Å²) in [5.41, 5.74) is 4.80. The highest BCUT2D eigenvalue weighted by atomic mass is 15.1. The van der Waals surface area contributed by atoms with Crippen LogP contribution in [0.15, 0.2) is 97.1 Å². The van der Waals surface area contributed by atoms with Crippen LogP contribution in [0.3, 0.4) is 0 Å². The molecule has 0 radical (unpaired) electrons. The molecule has 24 heavy (non-hydrogen) atoms. The van der Waals surface area contributed by atoms with Crippen LogP contribution in [0.5, 0.6) is 0 Å². The molecule has 116 valence electrons. The fraction of sp³-hybridized carbons (Fsp3) is 0.0435. The predicted octanol–water partition coefficient (Wildman–Crippen LogP) is 6.62.